The number of carbonyl (C=O) groups excluding carboxylic acids is 2. The molecular weight excluding hydrogens is 1170 g/mol. The van der Waals surface area contributed by atoms with Crippen molar-refractivity contribution in [3.05, 3.63) is 320 Å². The first-order valence-corrected chi connectivity index (χ1v) is 32.0. The van der Waals surface area contributed by atoms with Gasteiger partial charge in [0.25, 0.3) is 0 Å². The molecule has 4 heterocycles. The molecule has 0 aliphatic carbocycles. The van der Waals surface area contributed by atoms with Crippen molar-refractivity contribution in [3.63, 3.8) is 0 Å². The standard InChI is InChI=1S/C82H54N4O6S/c87-81(91-50-52-25-43-79-71(45-52)69-17-5-11-23-77(69)85(79)62-39-31-56(32-40-62)54-27-35-60(36-28-54)83-73-19-7-1-13-65(73)66-14-2-8-20-74(66)83)58-47-59(49-64(48-58)93(89)90)82(88)92-51-53-26-44-80-72(46-53)70-18-6-12-24-78(70)86(80)63-41-33-57(34-42-63)55-29-37-61(38-30-55)84-75-21-9-3-15-67(75)68-16-4-10-22-76(68)84/h1-49,93H,50-51H2. The van der Waals surface area contributed by atoms with Crippen molar-refractivity contribution in [1.29, 1.82) is 0 Å². The van der Waals surface area contributed by atoms with Crippen LogP contribution >= 0.6 is 0 Å². The number of benzene rings is 13. The zero-order valence-corrected chi connectivity index (χ0v) is 50.8. The van der Waals surface area contributed by atoms with Crippen LogP contribution in [0.4, 0.5) is 0 Å². The molecule has 0 radical (unpaired) electrons. The summed E-state index contributed by atoms with van der Waals surface area (Å²) < 4.78 is 45.8. The van der Waals surface area contributed by atoms with E-state index in [1.165, 1.54) is 61.8 Å². The van der Waals surface area contributed by atoms with Gasteiger partial charge >= 0.3 is 11.9 Å². The molecule has 10 nitrogen and oxygen atoms in total. The normalized spacial score (nSPS) is 11.8. The Morgan fingerprint density at radius 3 is 0.785 bits per heavy atom. The summed E-state index contributed by atoms with van der Waals surface area (Å²) in [6, 6.07) is 101. The number of fused-ring (bicyclic) bond motifs is 12. The number of para-hydroxylation sites is 6. The molecular formula is C82H54N4O6S. The van der Waals surface area contributed by atoms with Crippen LogP contribution in [0.1, 0.15) is 31.8 Å². The lowest BCUT2D eigenvalue weighted by molar-refractivity contribution is 0.0470. The van der Waals surface area contributed by atoms with Gasteiger partial charge in [-0.25, -0.2) is 18.0 Å². The Labute approximate surface area is 535 Å². The monoisotopic (exact) mass is 1220 g/mol. The summed E-state index contributed by atoms with van der Waals surface area (Å²) in [5, 5.41) is 8.93. The van der Waals surface area contributed by atoms with Crippen molar-refractivity contribution < 1.29 is 27.5 Å². The van der Waals surface area contributed by atoms with E-state index in [0.717, 1.165) is 99.7 Å². The molecule has 11 heteroatoms. The van der Waals surface area contributed by atoms with Gasteiger partial charge in [-0.1, -0.05) is 170 Å². The molecule has 0 aliphatic rings. The Morgan fingerprint density at radius 1 is 0.269 bits per heavy atom. The minimum absolute atomic E-state index is 0.0884. The summed E-state index contributed by atoms with van der Waals surface area (Å²) in [6.45, 7) is -0.201. The molecule has 0 atom stereocenters. The van der Waals surface area contributed by atoms with Gasteiger partial charge < -0.3 is 27.7 Å². The lowest BCUT2D eigenvalue weighted by Crippen LogP contribution is -2.10. The first-order valence-electron chi connectivity index (χ1n) is 30.8. The van der Waals surface area contributed by atoms with Gasteiger partial charge in [0.1, 0.15) is 13.2 Å². The van der Waals surface area contributed by atoms with Crippen LogP contribution in [0.15, 0.2) is 302 Å². The van der Waals surface area contributed by atoms with Crippen LogP contribution in [0, 0.1) is 0 Å². The second kappa shape index (κ2) is 22.5. The van der Waals surface area contributed by atoms with Crippen molar-refractivity contribution in [2.24, 2.45) is 0 Å². The van der Waals surface area contributed by atoms with E-state index in [-0.39, 0.29) is 29.2 Å². The quantitative estimate of drug-likeness (QED) is 0.0910. The van der Waals surface area contributed by atoms with Crippen molar-refractivity contribution in [2.45, 2.75) is 18.1 Å². The summed E-state index contributed by atoms with van der Waals surface area (Å²) >= 11 is 0. The Morgan fingerprint density at radius 2 is 0.516 bits per heavy atom. The lowest BCUT2D eigenvalue weighted by Gasteiger charge is -2.12. The van der Waals surface area contributed by atoms with E-state index in [0.29, 0.717) is 0 Å². The highest BCUT2D eigenvalue weighted by molar-refractivity contribution is 7.72. The fourth-order valence-corrected chi connectivity index (χ4v) is 14.3. The number of thiol groups is 1. The molecule has 0 saturated carbocycles. The van der Waals surface area contributed by atoms with Crippen LogP contribution in [-0.2, 0) is 33.4 Å². The van der Waals surface area contributed by atoms with Crippen molar-refractivity contribution in [1.82, 2.24) is 18.3 Å². The molecule has 0 spiro atoms. The maximum atomic E-state index is 13.9. The van der Waals surface area contributed by atoms with Gasteiger partial charge in [0.2, 0.25) is 0 Å². The van der Waals surface area contributed by atoms with E-state index in [2.05, 4.69) is 237 Å². The topological polar surface area (TPSA) is 106 Å². The summed E-state index contributed by atoms with van der Waals surface area (Å²) in [5.74, 6) is -1.57. The lowest BCUT2D eigenvalue weighted by atomic mass is 10.0. The number of hydrogen-bond donors (Lipinski definition) is 1. The number of aromatic nitrogens is 4. The van der Waals surface area contributed by atoms with Gasteiger partial charge in [-0.3, -0.25) is 0 Å². The zero-order chi connectivity index (χ0) is 62.3. The second-order valence-corrected chi connectivity index (χ2v) is 24.5. The number of nitrogens with zero attached hydrogens (tertiary/aromatic N) is 4. The molecule has 0 fully saturated rings. The zero-order valence-electron chi connectivity index (χ0n) is 49.9. The van der Waals surface area contributed by atoms with Crippen molar-refractivity contribution in [3.8, 4) is 45.0 Å². The molecule has 0 saturated heterocycles. The van der Waals surface area contributed by atoms with E-state index in [1.807, 2.05) is 60.7 Å². The Kier molecular flexibility index (Phi) is 13.3. The maximum Gasteiger partial charge on any atom is 0.338 e. The summed E-state index contributed by atoms with van der Waals surface area (Å²) in [6.07, 6.45) is 0. The van der Waals surface area contributed by atoms with Crippen molar-refractivity contribution >= 4 is 110 Å². The third kappa shape index (κ3) is 9.52. The number of esters is 2. The van der Waals surface area contributed by atoms with E-state index >= 15 is 0 Å². The third-order valence-electron chi connectivity index (χ3n) is 18.1. The van der Waals surface area contributed by atoms with Crippen LogP contribution in [0.25, 0.3) is 132 Å². The Bertz CT molecular complexity index is 5490. The highest BCUT2D eigenvalue weighted by Gasteiger charge is 2.21. The largest absolute Gasteiger partial charge is 0.457 e. The third-order valence-corrected chi connectivity index (χ3v) is 18.8. The van der Waals surface area contributed by atoms with E-state index in [1.54, 1.807) is 0 Å². The molecule has 13 aromatic carbocycles. The number of ether oxygens (including phenoxy) is 2. The predicted molar refractivity (Wildman–Crippen MR) is 374 cm³/mol. The van der Waals surface area contributed by atoms with E-state index < -0.39 is 22.6 Å². The van der Waals surface area contributed by atoms with Gasteiger partial charge in [-0.15, -0.1) is 0 Å². The molecule has 0 aliphatic heterocycles. The highest BCUT2D eigenvalue weighted by atomic mass is 32.2. The van der Waals surface area contributed by atoms with E-state index in [9.17, 15) is 18.0 Å². The van der Waals surface area contributed by atoms with Crippen LogP contribution < -0.4 is 0 Å². The first-order chi connectivity index (χ1) is 45.8. The van der Waals surface area contributed by atoms with Crippen LogP contribution in [0.5, 0.6) is 0 Å². The SMILES string of the molecule is O=C(OCc1ccc2c(c1)c1ccccc1n2-c1ccc(-c2ccc(-n3c4ccccc4c4ccccc43)cc2)cc1)c1cc(C(=O)OCc2ccc3c(c2)c2ccccc2n3-c2ccc(-c3ccc(-n4c5ccccc5c5ccccc54)cc3)cc2)cc([SH](=O)=O)c1. The van der Waals surface area contributed by atoms with Gasteiger partial charge in [0, 0.05) is 65.8 Å². The van der Waals surface area contributed by atoms with Crippen LogP contribution in [0.2, 0.25) is 0 Å². The molecule has 17 rings (SSSR count). The second-order valence-electron chi connectivity index (χ2n) is 23.5. The molecule has 0 unspecified atom stereocenters. The van der Waals surface area contributed by atoms with E-state index in [4.69, 9.17) is 9.47 Å². The van der Waals surface area contributed by atoms with Gasteiger partial charge in [-0.2, -0.15) is 0 Å². The summed E-state index contributed by atoms with van der Waals surface area (Å²) in [5.41, 5.74) is 18.6. The fraction of sp³-hybridized carbons (Fsp3) is 0.0244. The Hall–Kier alpha value is -12.1. The van der Waals surface area contributed by atoms with Gasteiger partial charge in [0.05, 0.1) is 60.2 Å². The molecule has 444 valence electrons. The number of rotatable bonds is 13. The van der Waals surface area contributed by atoms with Crippen LogP contribution in [-0.4, -0.2) is 38.6 Å². The average Bonchev–Trinajstić information content (AvgIpc) is 1.80. The molecule has 0 N–H and O–H groups in total. The van der Waals surface area contributed by atoms with Crippen LogP contribution in [0.3, 0.4) is 0 Å². The maximum absolute atomic E-state index is 13.9. The average molecular weight is 1220 g/mol. The first kappa shape index (κ1) is 55.1. The molecule has 93 heavy (non-hydrogen) atoms. The number of carbonyl (C=O) groups is 2. The molecule has 0 amide bonds. The number of hydrogen-bond acceptors (Lipinski definition) is 6. The molecule has 4 aromatic heterocycles. The van der Waals surface area contributed by atoms with Gasteiger partial charge in [0.15, 0.2) is 10.7 Å². The van der Waals surface area contributed by atoms with Crippen molar-refractivity contribution in [2.75, 3.05) is 0 Å². The smallest absolute Gasteiger partial charge is 0.338 e. The minimum atomic E-state index is -3.18. The fourth-order valence-electron chi connectivity index (χ4n) is 13.8. The Balaban J connectivity index is 0.579. The molecule has 17 aromatic rings. The summed E-state index contributed by atoms with van der Waals surface area (Å²) in [4.78, 5) is 27.5. The molecule has 0 bridgehead atoms. The predicted octanol–water partition coefficient (Wildman–Crippen LogP) is 19.1. The summed E-state index contributed by atoms with van der Waals surface area (Å²) in [7, 11) is -3.18. The highest BCUT2D eigenvalue weighted by Crippen LogP contribution is 2.39. The van der Waals surface area contributed by atoms with Gasteiger partial charge in [-0.05, 0) is 161 Å². The minimum Gasteiger partial charge on any atom is -0.457 e.